The molecule has 1 aromatic carbocycles. The van der Waals surface area contributed by atoms with Crippen molar-refractivity contribution in [2.45, 2.75) is 33.6 Å². The lowest BCUT2D eigenvalue weighted by molar-refractivity contribution is 0.415. The molecule has 0 amide bonds. The molecule has 1 heterocycles. The Balaban J connectivity index is 2.63. The number of benzene rings is 1. The summed E-state index contributed by atoms with van der Waals surface area (Å²) in [5.41, 5.74) is 4.30. The van der Waals surface area contributed by atoms with Crippen LogP contribution in [0.1, 0.15) is 30.3 Å². The van der Waals surface area contributed by atoms with Crippen molar-refractivity contribution in [3.8, 4) is 17.0 Å². The molecule has 2 rings (SSSR count). The summed E-state index contributed by atoms with van der Waals surface area (Å²) < 4.78 is 5.55. The van der Waals surface area contributed by atoms with Gasteiger partial charge in [0, 0.05) is 25.1 Å². The minimum absolute atomic E-state index is 0.838. The fourth-order valence-electron chi connectivity index (χ4n) is 2.51. The molecule has 0 aliphatic carbocycles. The Morgan fingerprint density at radius 2 is 1.90 bits per heavy atom. The first-order valence-electron chi connectivity index (χ1n) is 7.30. The summed E-state index contributed by atoms with van der Waals surface area (Å²) in [4.78, 5) is 9.22. The van der Waals surface area contributed by atoms with Crippen LogP contribution in [0.2, 0.25) is 0 Å². The predicted octanol–water partition coefficient (Wildman–Crippen LogP) is 3.76. The van der Waals surface area contributed by atoms with Crippen LogP contribution in [0.4, 0.5) is 5.82 Å². The van der Waals surface area contributed by atoms with Crippen LogP contribution in [0.5, 0.6) is 5.75 Å². The van der Waals surface area contributed by atoms with E-state index in [2.05, 4.69) is 37.1 Å². The highest BCUT2D eigenvalue weighted by molar-refractivity contribution is 5.73. The molecule has 1 aromatic heterocycles. The van der Waals surface area contributed by atoms with E-state index >= 15 is 0 Å². The number of nitrogens with one attached hydrogen (secondary N) is 1. The molecular formula is C17H23N3O. The van der Waals surface area contributed by atoms with Crippen molar-refractivity contribution in [1.82, 2.24) is 9.97 Å². The summed E-state index contributed by atoms with van der Waals surface area (Å²) in [6.07, 6.45) is 1.90. The van der Waals surface area contributed by atoms with Crippen LogP contribution >= 0.6 is 0 Å². The molecule has 2 aromatic rings. The number of rotatable bonds is 5. The van der Waals surface area contributed by atoms with E-state index in [4.69, 9.17) is 9.72 Å². The van der Waals surface area contributed by atoms with Crippen molar-refractivity contribution in [1.29, 1.82) is 0 Å². The maximum Gasteiger partial charge on any atom is 0.131 e. The van der Waals surface area contributed by atoms with Gasteiger partial charge in [-0.3, -0.25) is 0 Å². The molecule has 112 valence electrons. The Morgan fingerprint density at radius 3 is 2.52 bits per heavy atom. The predicted molar refractivity (Wildman–Crippen MR) is 87.0 cm³/mol. The Labute approximate surface area is 126 Å². The number of hydrogen-bond donors (Lipinski definition) is 1. The lowest BCUT2D eigenvalue weighted by atomic mass is 10.0. The third-order valence-electron chi connectivity index (χ3n) is 3.42. The van der Waals surface area contributed by atoms with Crippen LogP contribution in [0.25, 0.3) is 11.3 Å². The van der Waals surface area contributed by atoms with Gasteiger partial charge in [-0.2, -0.15) is 0 Å². The van der Waals surface area contributed by atoms with E-state index in [0.29, 0.717) is 0 Å². The first kappa shape index (κ1) is 15.3. The van der Waals surface area contributed by atoms with Crippen molar-refractivity contribution < 1.29 is 4.74 Å². The molecule has 1 N–H and O–H groups in total. The molecule has 0 aliphatic rings. The molecule has 0 bridgehead atoms. The molecule has 0 saturated heterocycles. The minimum Gasteiger partial charge on any atom is -0.496 e. The van der Waals surface area contributed by atoms with Crippen molar-refractivity contribution in [3.63, 3.8) is 0 Å². The largest absolute Gasteiger partial charge is 0.496 e. The lowest BCUT2D eigenvalue weighted by Crippen LogP contribution is -2.03. The number of aromatic nitrogens is 2. The van der Waals surface area contributed by atoms with Crippen molar-refractivity contribution in [2.24, 2.45) is 0 Å². The number of ether oxygens (including phenoxy) is 1. The topological polar surface area (TPSA) is 47.0 Å². The number of hydrogen-bond acceptors (Lipinski definition) is 4. The summed E-state index contributed by atoms with van der Waals surface area (Å²) in [5.74, 6) is 2.56. The second-order valence-corrected chi connectivity index (χ2v) is 5.21. The third-order valence-corrected chi connectivity index (χ3v) is 3.42. The fourth-order valence-corrected chi connectivity index (χ4v) is 2.51. The van der Waals surface area contributed by atoms with Crippen LogP contribution in [0, 0.1) is 13.8 Å². The average Bonchev–Trinajstić information content (AvgIpc) is 2.46. The normalized spacial score (nSPS) is 10.5. The molecule has 0 radical (unpaired) electrons. The quantitative estimate of drug-likeness (QED) is 0.908. The maximum absolute atomic E-state index is 5.55. The van der Waals surface area contributed by atoms with E-state index in [-0.39, 0.29) is 0 Å². The van der Waals surface area contributed by atoms with E-state index in [9.17, 15) is 0 Å². The van der Waals surface area contributed by atoms with Gasteiger partial charge in [-0.05, 0) is 37.5 Å². The van der Waals surface area contributed by atoms with Crippen LogP contribution in [0.15, 0.2) is 18.2 Å². The summed E-state index contributed by atoms with van der Waals surface area (Å²) in [7, 11) is 3.58. The van der Waals surface area contributed by atoms with Gasteiger partial charge in [0.2, 0.25) is 0 Å². The molecular weight excluding hydrogens is 262 g/mol. The van der Waals surface area contributed by atoms with E-state index in [0.717, 1.165) is 47.1 Å². The molecule has 0 aliphatic heterocycles. The molecule has 0 saturated carbocycles. The number of anilines is 1. The zero-order valence-corrected chi connectivity index (χ0v) is 13.4. The van der Waals surface area contributed by atoms with Gasteiger partial charge >= 0.3 is 0 Å². The summed E-state index contributed by atoms with van der Waals surface area (Å²) in [6.45, 7) is 6.29. The van der Waals surface area contributed by atoms with Crippen molar-refractivity contribution in [3.05, 3.63) is 35.2 Å². The highest BCUT2D eigenvalue weighted by Crippen LogP contribution is 2.34. The van der Waals surface area contributed by atoms with Gasteiger partial charge in [-0.15, -0.1) is 0 Å². The third kappa shape index (κ3) is 3.32. The maximum atomic E-state index is 5.55. The van der Waals surface area contributed by atoms with Crippen LogP contribution in [-0.2, 0) is 6.42 Å². The number of methoxy groups -OCH3 is 1. The Bertz CT molecular complexity index is 638. The lowest BCUT2D eigenvalue weighted by Gasteiger charge is -2.14. The van der Waals surface area contributed by atoms with Crippen LogP contribution < -0.4 is 10.1 Å². The van der Waals surface area contributed by atoms with Gasteiger partial charge in [0.25, 0.3) is 0 Å². The van der Waals surface area contributed by atoms with Crippen molar-refractivity contribution >= 4 is 5.82 Å². The number of aryl methyl sites for hydroxylation is 3. The molecule has 0 fully saturated rings. The van der Waals surface area contributed by atoms with E-state index < -0.39 is 0 Å². The highest BCUT2D eigenvalue weighted by atomic mass is 16.5. The van der Waals surface area contributed by atoms with Gasteiger partial charge < -0.3 is 10.1 Å². The monoisotopic (exact) mass is 285 g/mol. The van der Waals surface area contributed by atoms with Crippen LogP contribution in [0.3, 0.4) is 0 Å². The first-order chi connectivity index (χ1) is 10.1. The van der Waals surface area contributed by atoms with Gasteiger partial charge in [0.1, 0.15) is 17.4 Å². The smallest absolute Gasteiger partial charge is 0.131 e. The van der Waals surface area contributed by atoms with Gasteiger partial charge in [0.05, 0.1) is 12.8 Å². The summed E-state index contributed by atoms with van der Waals surface area (Å²) in [6, 6.07) is 6.17. The van der Waals surface area contributed by atoms with E-state index in [1.165, 1.54) is 5.56 Å². The molecule has 4 nitrogen and oxygen atoms in total. The van der Waals surface area contributed by atoms with Crippen LogP contribution in [-0.4, -0.2) is 24.1 Å². The van der Waals surface area contributed by atoms with Gasteiger partial charge in [0.15, 0.2) is 0 Å². The molecule has 21 heavy (non-hydrogen) atoms. The summed E-state index contributed by atoms with van der Waals surface area (Å²) >= 11 is 0. The van der Waals surface area contributed by atoms with E-state index in [1.54, 1.807) is 7.11 Å². The Morgan fingerprint density at radius 1 is 1.14 bits per heavy atom. The Hall–Kier alpha value is -2.10. The average molecular weight is 285 g/mol. The fraction of sp³-hybridized carbons (Fsp3) is 0.412. The number of nitrogens with zero attached hydrogens (tertiary/aromatic N) is 2. The molecule has 4 heteroatoms. The van der Waals surface area contributed by atoms with Crippen molar-refractivity contribution in [2.75, 3.05) is 19.5 Å². The molecule has 0 atom stereocenters. The Kier molecular flexibility index (Phi) is 4.78. The summed E-state index contributed by atoms with van der Waals surface area (Å²) in [5, 5.41) is 3.11. The second-order valence-electron chi connectivity index (χ2n) is 5.21. The first-order valence-corrected chi connectivity index (χ1v) is 7.30. The zero-order valence-electron chi connectivity index (χ0n) is 13.4. The van der Waals surface area contributed by atoms with Gasteiger partial charge in [-0.25, -0.2) is 9.97 Å². The SMILES string of the molecule is CCCc1nc(NC)cc(-c2c(C)cc(C)cc2OC)n1. The van der Waals surface area contributed by atoms with Gasteiger partial charge in [-0.1, -0.05) is 13.0 Å². The van der Waals surface area contributed by atoms with E-state index in [1.807, 2.05) is 19.2 Å². The molecule has 0 unspecified atom stereocenters. The minimum atomic E-state index is 0.838. The molecule has 0 spiro atoms. The second kappa shape index (κ2) is 6.57. The zero-order chi connectivity index (χ0) is 15.4. The highest BCUT2D eigenvalue weighted by Gasteiger charge is 2.14. The standard InChI is InChI=1S/C17H23N3O/c1-6-7-15-19-13(10-16(18-4)20-15)17-12(3)8-11(2)9-14(17)21-5/h8-10H,6-7H2,1-5H3,(H,18,19,20).